The predicted molar refractivity (Wildman–Crippen MR) is 137 cm³/mol. The van der Waals surface area contributed by atoms with Crippen molar-refractivity contribution < 1.29 is 14.5 Å². The summed E-state index contributed by atoms with van der Waals surface area (Å²) in [6.07, 6.45) is 1.44. The maximum atomic E-state index is 13.8. The Morgan fingerprint density at radius 1 is 1.17 bits per heavy atom. The molecule has 7 nitrogen and oxygen atoms in total. The number of carbonyl (C=O) groups is 2. The van der Waals surface area contributed by atoms with E-state index < -0.39 is 4.92 Å². The van der Waals surface area contributed by atoms with Crippen LogP contribution >= 0.6 is 11.3 Å². The van der Waals surface area contributed by atoms with Crippen molar-refractivity contribution >= 4 is 28.8 Å². The molecule has 1 aromatic heterocycles. The van der Waals surface area contributed by atoms with Crippen molar-refractivity contribution in [3.63, 3.8) is 0 Å². The van der Waals surface area contributed by atoms with Gasteiger partial charge in [-0.1, -0.05) is 37.3 Å². The average molecular weight is 492 g/mol. The van der Waals surface area contributed by atoms with Gasteiger partial charge in [0.25, 0.3) is 11.6 Å². The summed E-state index contributed by atoms with van der Waals surface area (Å²) in [6, 6.07) is 15.5. The van der Waals surface area contributed by atoms with Gasteiger partial charge in [0.15, 0.2) is 0 Å². The summed E-state index contributed by atoms with van der Waals surface area (Å²) in [5, 5.41) is 13.3. The molecule has 1 aliphatic heterocycles. The molecule has 0 saturated heterocycles. The SMILES string of the molecule is CCC(C)N(CC(=O)N1CCc2sccc2C1c1ccccc1C)C(=O)c1cccc([N+](=O)[O-])c1. The van der Waals surface area contributed by atoms with Crippen molar-refractivity contribution in [1.29, 1.82) is 0 Å². The molecule has 0 aliphatic carbocycles. The molecule has 4 rings (SSSR count). The summed E-state index contributed by atoms with van der Waals surface area (Å²) in [5.41, 5.74) is 3.40. The number of hydrogen-bond donors (Lipinski definition) is 0. The van der Waals surface area contributed by atoms with E-state index in [1.807, 2.05) is 30.9 Å². The first kappa shape index (κ1) is 24.6. The Bertz CT molecular complexity index is 1250. The number of nitro groups is 1. The zero-order chi connectivity index (χ0) is 25.1. The lowest BCUT2D eigenvalue weighted by molar-refractivity contribution is -0.384. The third-order valence-electron chi connectivity index (χ3n) is 6.76. The Hall–Kier alpha value is -3.52. The molecule has 0 N–H and O–H groups in total. The van der Waals surface area contributed by atoms with E-state index in [1.165, 1.54) is 23.1 Å². The van der Waals surface area contributed by atoms with E-state index >= 15 is 0 Å². The molecule has 2 amide bonds. The lowest BCUT2D eigenvalue weighted by Gasteiger charge is -2.39. The predicted octanol–water partition coefficient (Wildman–Crippen LogP) is 5.38. The molecular weight excluding hydrogens is 462 g/mol. The van der Waals surface area contributed by atoms with Crippen molar-refractivity contribution in [2.24, 2.45) is 0 Å². The number of nitrogens with zero attached hydrogens (tertiary/aromatic N) is 3. The molecule has 2 aromatic carbocycles. The molecular formula is C27H29N3O4S. The smallest absolute Gasteiger partial charge is 0.270 e. The summed E-state index contributed by atoms with van der Waals surface area (Å²) in [6.45, 7) is 6.39. The first-order valence-corrected chi connectivity index (χ1v) is 12.7. The first-order valence-electron chi connectivity index (χ1n) is 11.8. The normalized spacial score (nSPS) is 15.9. The minimum absolute atomic E-state index is 0.0849. The number of thiophene rings is 1. The van der Waals surface area contributed by atoms with Gasteiger partial charge in [-0.05, 0) is 60.9 Å². The van der Waals surface area contributed by atoms with Crippen molar-refractivity contribution in [3.8, 4) is 0 Å². The minimum Gasteiger partial charge on any atom is -0.330 e. The maximum Gasteiger partial charge on any atom is 0.270 e. The number of hydrogen-bond acceptors (Lipinski definition) is 5. The Morgan fingerprint density at radius 3 is 2.66 bits per heavy atom. The molecule has 0 bridgehead atoms. The van der Waals surface area contributed by atoms with Crippen molar-refractivity contribution in [2.75, 3.05) is 13.1 Å². The van der Waals surface area contributed by atoms with Crippen LogP contribution in [0.5, 0.6) is 0 Å². The molecule has 0 fully saturated rings. The number of fused-ring (bicyclic) bond motifs is 1. The summed E-state index contributed by atoms with van der Waals surface area (Å²) in [7, 11) is 0. The van der Waals surface area contributed by atoms with Crippen LogP contribution in [0.3, 0.4) is 0 Å². The van der Waals surface area contributed by atoms with Gasteiger partial charge in [-0.3, -0.25) is 19.7 Å². The summed E-state index contributed by atoms with van der Waals surface area (Å²) in [5.74, 6) is -0.508. The number of nitro benzene ring substituents is 1. The highest BCUT2D eigenvalue weighted by atomic mass is 32.1. The lowest BCUT2D eigenvalue weighted by Crippen LogP contribution is -2.49. The first-order chi connectivity index (χ1) is 16.8. The van der Waals surface area contributed by atoms with Gasteiger partial charge in [0, 0.05) is 35.2 Å². The highest BCUT2D eigenvalue weighted by Crippen LogP contribution is 2.39. The van der Waals surface area contributed by atoms with E-state index in [1.54, 1.807) is 22.3 Å². The fraction of sp³-hybridized carbons (Fsp3) is 0.333. The number of aryl methyl sites for hydroxylation is 1. The van der Waals surface area contributed by atoms with Gasteiger partial charge in [-0.15, -0.1) is 11.3 Å². The lowest BCUT2D eigenvalue weighted by atomic mass is 9.90. The van der Waals surface area contributed by atoms with Gasteiger partial charge < -0.3 is 9.80 Å². The summed E-state index contributed by atoms with van der Waals surface area (Å²) in [4.78, 5) is 42.6. The average Bonchev–Trinajstić information content (AvgIpc) is 3.35. The molecule has 2 unspecified atom stereocenters. The van der Waals surface area contributed by atoms with Gasteiger partial charge in [-0.25, -0.2) is 0 Å². The van der Waals surface area contributed by atoms with Gasteiger partial charge >= 0.3 is 0 Å². The molecule has 35 heavy (non-hydrogen) atoms. The zero-order valence-corrected chi connectivity index (χ0v) is 21.0. The summed E-state index contributed by atoms with van der Waals surface area (Å²) < 4.78 is 0. The number of rotatable bonds is 7. The highest BCUT2D eigenvalue weighted by Gasteiger charge is 2.35. The third-order valence-corrected chi connectivity index (χ3v) is 7.76. The van der Waals surface area contributed by atoms with Crippen LogP contribution in [0.2, 0.25) is 0 Å². The van der Waals surface area contributed by atoms with Crippen LogP contribution in [-0.4, -0.2) is 45.7 Å². The van der Waals surface area contributed by atoms with Crippen LogP contribution < -0.4 is 0 Å². The van der Waals surface area contributed by atoms with Crippen LogP contribution in [0, 0.1) is 17.0 Å². The fourth-order valence-electron chi connectivity index (χ4n) is 4.62. The van der Waals surface area contributed by atoms with E-state index in [4.69, 9.17) is 0 Å². The maximum absolute atomic E-state index is 13.8. The molecule has 3 aromatic rings. The second kappa shape index (κ2) is 10.4. The molecule has 182 valence electrons. The van der Waals surface area contributed by atoms with Crippen molar-refractivity contribution in [3.05, 3.63) is 97.2 Å². The highest BCUT2D eigenvalue weighted by molar-refractivity contribution is 7.10. The summed E-state index contributed by atoms with van der Waals surface area (Å²) >= 11 is 1.71. The second-order valence-corrected chi connectivity index (χ2v) is 9.89. The van der Waals surface area contributed by atoms with E-state index in [9.17, 15) is 19.7 Å². The quantitative estimate of drug-likeness (QED) is 0.328. The second-order valence-electron chi connectivity index (χ2n) is 8.89. The Morgan fingerprint density at radius 2 is 1.94 bits per heavy atom. The van der Waals surface area contributed by atoms with E-state index in [-0.39, 0.29) is 41.7 Å². The van der Waals surface area contributed by atoms with Gasteiger partial charge in [0.05, 0.1) is 11.0 Å². The Balaban J connectivity index is 1.66. The number of amides is 2. The third kappa shape index (κ3) is 4.98. The van der Waals surface area contributed by atoms with E-state index in [0.717, 1.165) is 23.1 Å². The zero-order valence-electron chi connectivity index (χ0n) is 20.1. The van der Waals surface area contributed by atoms with Crippen LogP contribution in [0.4, 0.5) is 5.69 Å². The number of non-ortho nitro benzene ring substituents is 1. The van der Waals surface area contributed by atoms with Crippen LogP contribution in [-0.2, 0) is 11.2 Å². The molecule has 2 heterocycles. The fourth-order valence-corrected chi connectivity index (χ4v) is 5.52. The molecule has 0 spiro atoms. The molecule has 8 heteroatoms. The number of carbonyl (C=O) groups excluding carboxylic acids is 2. The monoisotopic (exact) mass is 491 g/mol. The molecule has 0 radical (unpaired) electrons. The van der Waals surface area contributed by atoms with Gasteiger partial charge in [0.2, 0.25) is 5.91 Å². The number of benzene rings is 2. The van der Waals surface area contributed by atoms with Crippen LogP contribution in [0.25, 0.3) is 0 Å². The van der Waals surface area contributed by atoms with E-state index in [0.29, 0.717) is 13.0 Å². The van der Waals surface area contributed by atoms with Gasteiger partial charge in [-0.2, -0.15) is 0 Å². The minimum atomic E-state index is -0.519. The van der Waals surface area contributed by atoms with Crippen molar-refractivity contribution in [1.82, 2.24) is 9.80 Å². The largest absolute Gasteiger partial charge is 0.330 e. The Labute approximate surface area is 209 Å². The van der Waals surface area contributed by atoms with E-state index in [2.05, 4.69) is 30.5 Å². The molecule has 2 atom stereocenters. The van der Waals surface area contributed by atoms with Gasteiger partial charge in [0.1, 0.15) is 6.54 Å². The van der Waals surface area contributed by atoms with Crippen LogP contribution in [0.15, 0.2) is 60.0 Å². The topological polar surface area (TPSA) is 83.8 Å². The van der Waals surface area contributed by atoms with Crippen molar-refractivity contribution in [2.45, 2.75) is 45.7 Å². The molecule has 0 saturated carbocycles. The van der Waals surface area contributed by atoms with Crippen LogP contribution in [0.1, 0.15) is 58.2 Å². The standard InChI is InChI=1S/C27H29N3O4S/c1-4-19(3)29(27(32)20-9-7-10-21(16-20)30(33)34)17-25(31)28-14-12-24-23(13-15-35-24)26(28)22-11-6-5-8-18(22)2/h5-11,13,15-16,19,26H,4,12,14,17H2,1-3H3. The Kier molecular flexibility index (Phi) is 7.31. The molecule has 1 aliphatic rings.